The summed E-state index contributed by atoms with van der Waals surface area (Å²) in [5.41, 5.74) is 1.87. The smallest absolute Gasteiger partial charge is 0.0990 e. The van der Waals surface area contributed by atoms with E-state index in [9.17, 15) is 0 Å². The summed E-state index contributed by atoms with van der Waals surface area (Å²) < 4.78 is 0. The number of hydrogen-bond donors (Lipinski definition) is 2. The van der Waals surface area contributed by atoms with Crippen LogP contribution in [0, 0.1) is 6.92 Å². The Morgan fingerprint density at radius 2 is 2.23 bits per heavy atom. The lowest BCUT2D eigenvalue weighted by atomic mass is 10.2. The van der Waals surface area contributed by atoms with Crippen LogP contribution in [0.4, 0.5) is 0 Å². The summed E-state index contributed by atoms with van der Waals surface area (Å²) in [7, 11) is 0. The lowest BCUT2D eigenvalue weighted by Gasteiger charge is -2.04. The molecule has 0 aliphatic rings. The number of aliphatic hydroxyl groups is 2. The van der Waals surface area contributed by atoms with Gasteiger partial charge in [0, 0.05) is 11.9 Å². The van der Waals surface area contributed by atoms with Crippen LogP contribution in [-0.4, -0.2) is 27.6 Å². The first-order valence-corrected chi connectivity index (χ1v) is 5.06. The number of nitrogens with zero attached hydrogens (tertiary/aromatic N) is 1. The third-order valence-corrected chi connectivity index (χ3v) is 2.69. The van der Waals surface area contributed by atoms with E-state index in [0.29, 0.717) is 5.75 Å². The molecule has 0 saturated heterocycles. The SMILES string of the molecule is Cc1cc(CO)cnc1SCCO. The van der Waals surface area contributed by atoms with Crippen LogP contribution >= 0.6 is 11.8 Å². The molecule has 0 atom stereocenters. The Hall–Kier alpha value is -0.580. The molecule has 1 aromatic heterocycles. The Labute approximate surface area is 81.8 Å². The van der Waals surface area contributed by atoms with Crippen LogP contribution in [0.15, 0.2) is 17.3 Å². The second-order valence-corrected chi connectivity index (χ2v) is 3.78. The van der Waals surface area contributed by atoms with Crippen molar-refractivity contribution in [3.63, 3.8) is 0 Å². The molecule has 72 valence electrons. The fourth-order valence-corrected chi connectivity index (χ4v) is 1.70. The van der Waals surface area contributed by atoms with E-state index in [0.717, 1.165) is 16.2 Å². The van der Waals surface area contributed by atoms with E-state index in [-0.39, 0.29) is 13.2 Å². The van der Waals surface area contributed by atoms with E-state index in [1.807, 2.05) is 13.0 Å². The molecule has 1 heterocycles. The number of thioether (sulfide) groups is 1. The fraction of sp³-hybridized carbons (Fsp3) is 0.444. The lowest BCUT2D eigenvalue weighted by molar-refractivity contribution is 0.281. The highest BCUT2D eigenvalue weighted by Crippen LogP contribution is 2.19. The Bertz CT molecular complexity index is 278. The molecule has 0 fully saturated rings. The maximum absolute atomic E-state index is 8.84. The molecular formula is C9H13NO2S. The van der Waals surface area contributed by atoms with Crippen LogP contribution in [0.5, 0.6) is 0 Å². The minimum Gasteiger partial charge on any atom is -0.396 e. The molecule has 0 radical (unpaired) electrons. The molecule has 0 amide bonds. The van der Waals surface area contributed by atoms with Crippen molar-refractivity contribution in [2.24, 2.45) is 0 Å². The molecule has 0 saturated carbocycles. The van der Waals surface area contributed by atoms with Gasteiger partial charge in [-0.1, -0.05) is 0 Å². The van der Waals surface area contributed by atoms with Crippen LogP contribution in [0.25, 0.3) is 0 Å². The number of aromatic nitrogens is 1. The van der Waals surface area contributed by atoms with Gasteiger partial charge in [0.15, 0.2) is 0 Å². The predicted octanol–water partition coefficient (Wildman–Crippen LogP) is 0.967. The van der Waals surface area contributed by atoms with Crippen LogP contribution in [0.2, 0.25) is 0 Å². The molecule has 3 nitrogen and oxygen atoms in total. The Kier molecular flexibility index (Phi) is 4.21. The van der Waals surface area contributed by atoms with Crippen molar-refractivity contribution in [1.82, 2.24) is 4.98 Å². The van der Waals surface area contributed by atoms with Gasteiger partial charge < -0.3 is 10.2 Å². The molecule has 1 aromatic rings. The molecule has 2 N–H and O–H groups in total. The van der Waals surface area contributed by atoms with Gasteiger partial charge in [-0.3, -0.25) is 0 Å². The zero-order chi connectivity index (χ0) is 9.68. The second-order valence-electron chi connectivity index (χ2n) is 2.70. The second kappa shape index (κ2) is 5.21. The number of hydrogen-bond acceptors (Lipinski definition) is 4. The maximum Gasteiger partial charge on any atom is 0.0990 e. The quantitative estimate of drug-likeness (QED) is 0.709. The van der Waals surface area contributed by atoms with E-state index in [4.69, 9.17) is 10.2 Å². The first-order chi connectivity index (χ1) is 6.27. The summed E-state index contributed by atoms with van der Waals surface area (Å²) >= 11 is 1.52. The fourth-order valence-electron chi connectivity index (χ4n) is 1.00. The highest BCUT2D eigenvalue weighted by Gasteiger charge is 2.01. The summed E-state index contributed by atoms with van der Waals surface area (Å²) in [6.07, 6.45) is 1.66. The van der Waals surface area contributed by atoms with Gasteiger partial charge in [0.1, 0.15) is 0 Å². The highest BCUT2D eigenvalue weighted by molar-refractivity contribution is 7.99. The Balaban J connectivity index is 2.73. The molecule has 0 aliphatic carbocycles. The van der Waals surface area contributed by atoms with Crippen LogP contribution in [-0.2, 0) is 6.61 Å². The Morgan fingerprint density at radius 1 is 1.46 bits per heavy atom. The van der Waals surface area contributed by atoms with Gasteiger partial charge in [-0.15, -0.1) is 11.8 Å². The number of aryl methyl sites for hydroxylation is 1. The molecular weight excluding hydrogens is 186 g/mol. The van der Waals surface area contributed by atoms with E-state index < -0.39 is 0 Å². The van der Waals surface area contributed by atoms with Crippen molar-refractivity contribution in [1.29, 1.82) is 0 Å². The van der Waals surface area contributed by atoms with Crippen molar-refractivity contribution in [2.45, 2.75) is 18.6 Å². The van der Waals surface area contributed by atoms with Crippen LogP contribution in [0.3, 0.4) is 0 Å². The number of pyridine rings is 1. The van der Waals surface area contributed by atoms with Gasteiger partial charge in [-0.05, 0) is 24.1 Å². The van der Waals surface area contributed by atoms with Gasteiger partial charge >= 0.3 is 0 Å². The summed E-state index contributed by atoms with van der Waals surface area (Å²) in [6, 6.07) is 1.91. The van der Waals surface area contributed by atoms with Gasteiger partial charge in [0.05, 0.1) is 18.2 Å². The third kappa shape index (κ3) is 2.99. The maximum atomic E-state index is 8.84. The molecule has 1 rings (SSSR count). The molecule has 0 aliphatic heterocycles. The summed E-state index contributed by atoms with van der Waals surface area (Å²) in [5.74, 6) is 0.659. The largest absolute Gasteiger partial charge is 0.396 e. The van der Waals surface area contributed by atoms with Crippen LogP contribution < -0.4 is 0 Å². The Morgan fingerprint density at radius 3 is 2.77 bits per heavy atom. The average molecular weight is 199 g/mol. The normalized spacial score (nSPS) is 10.4. The third-order valence-electron chi connectivity index (χ3n) is 1.60. The van der Waals surface area contributed by atoms with Crippen molar-refractivity contribution in [2.75, 3.05) is 12.4 Å². The van der Waals surface area contributed by atoms with Gasteiger partial charge in [0.25, 0.3) is 0 Å². The number of aliphatic hydroxyl groups excluding tert-OH is 2. The first kappa shape index (κ1) is 10.5. The van der Waals surface area contributed by atoms with Crippen molar-refractivity contribution in [3.8, 4) is 0 Å². The van der Waals surface area contributed by atoms with Gasteiger partial charge in [0.2, 0.25) is 0 Å². The first-order valence-electron chi connectivity index (χ1n) is 4.08. The predicted molar refractivity (Wildman–Crippen MR) is 52.7 cm³/mol. The monoisotopic (exact) mass is 199 g/mol. The highest BCUT2D eigenvalue weighted by atomic mass is 32.2. The zero-order valence-corrected chi connectivity index (χ0v) is 8.34. The summed E-state index contributed by atoms with van der Waals surface area (Å²) in [6.45, 7) is 2.14. The van der Waals surface area contributed by atoms with E-state index >= 15 is 0 Å². The van der Waals surface area contributed by atoms with E-state index in [1.54, 1.807) is 6.20 Å². The zero-order valence-electron chi connectivity index (χ0n) is 7.53. The molecule has 0 aromatic carbocycles. The van der Waals surface area contributed by atoms with Crippen molar-refractivity contribution >= 4 is 11.8 Å². The van der Waals surface area contributed by atoms with Gasteiger partial charge in [-0.2, -0.15) is 0 Å². The van der Waals surface area contributed by atoms with Crippen molar-refractivity contribution < 1.29 is 10.2 Å². The molecule has 0 unspecified atom stereocenters. The standard InChI is InChI=1S/C9H13NO2S/c1-7-4-8(6-12)5-10-9(7)13-3-2-11/h4-5,11-12H,2-3,6H2,1H3. The summed E-state index contributed by atoms with van der Waals surface area (Å²) in [5, 5.41) is 18.4. The average Bonchev–Trinajstić information content (AvgIpc) is 2.16. The number of rotatable bonds is 4. The lowest BCUT2D eigenvalue weighted by Crippen LogP contribution is -1.93. The summed E-state index contributed by atoms with van der Waals surface area (Å²) in [4.78, 5) is 4.18. The molecule has 0 bridgehead atoms. The minimum absolute atomic E-state index is 0.0266. The van der Waals surface area contributed by atoms with Crippen molar-refractivity contribution in [3.05, 3.63) is 23.4 Å². The topological polar surface area (TPSA) is 53.4 Å². The minimum atomic E-state index is 0.0266. The molecule has 0 spiro atoms. The van der Waals surface area contributed by atoms with Gasteiger partial charge in [-0.25, -0.2) is 4.98 Å². The van der Waals surface area contributed by atoms with E-state index in [2.05, 4.69) is 4.98 Å². The van der Waals surface area contributed by atoms with E-state index in [1.165, 1.54) is 11.8 Å². The molecule has 4 heteroatoms. The van der Waals surface area contributed by atoms with Crippen LogP contribution in [0.1, 0.15) is 11.1 Å². The molecule has 13 heavy (non-hydrogen) atoms.